The van der Waals surface area contributed by atoms with E-state index in [0.717, 1.165) is 6.42 Å². The van der Waals surface area contributed by atoms with E-state index in [2.05, 4.69) is 5.32 Å². The van der Waals surface area contributed by atoms with E-state index in [0.29, 0.717) is 18.7 Å². The van der Waals surface area contributed by atoms with Crippen molar-refractivity contribution in [2.24, 2.45) is 11.1 Å². The highest BCUT2D eigenvalue weighted by Gasteiger charge is 2.32. The lowest BCUT2D eigenvalue weighted by atomic mass is 9.98. The Hall–Kier alpha value is -1.15. The predicted octanol–water partition coefficient (Wildman–Crippen LogP) is 1.74. The zero-order valence-electron chi connectivity index (χ0n) is 11.5. The molecule has 1 aliphatic heterocycles. The number of primary sulfonamides is 1. The third kappa shape index (κ3) is 3.74. The number of rotatable bonds is 4. The van der Waals surface area contributed by atoms with E-state index in [4.69, 9.17) is 21.5 Å². The van der Waals surface area contributed by atoms with Crippen molar-refractivity contribution in [2.75, 3.05) is 11.9 Å². The molecule has 2 atom stereocenters. The van der Waals surface area contributed by atoms with Crippen LogP contribution >= 0.6 is 11.6 Å². The summed E-state index contributed by atoms with van der Waals surface area (Å²) in [5.74, 6) is -0.356. The second kappa shape index (κ2) is 6.31. The largest absolute Gasteiger partial charge is 0.377 e. The Kier molecular flexibility index (Phi) is 4.88. The summed E-state index contributed by atoms with van der Waals surface area (Å²) in [4.78, 5) is 12.0. The maximum absolute atomic E-state index is 12.2. The number of hydrogen-bond acceptors (Lipinski definition) is 4. The first kappa shape index (κ1) is 16.2. The number of halogens is 1. The van der Waals surface area contributed by atoms with Crippen LogP contribution in [0.4, 0.5) is 5.69 Å². The molecule has 0 saturated carbocycles. The number of sulfonamides is 1. The van der Waals surface area contributed by atoms with E-state index < -0.39 is 10.0 Å². The van der Waals surface area contributed by atoms with E-state index in [-0.39, 0.29) is 27.8 Å². The second-order valence-electron chi connectivity index (χ2n) is 4.89. The highest BCUT2D eigenvalue weighted by atomic mass is 35.5. The van der Waals surface area contributed by atoms with Gasteiger partial charge in [0.05, 0.1) is 17.0 Å². The van der Waals surface area contributed by atoms with Gasteiger partial charge in [-0.3, -0.25) is 4.79 Å². The lowest BCUT2D eigenvalue weighted by molar-refractivity contribution is -0.121. The molecule has 3 N–H and O–H groups in total. The molecule has 2 rings (SSSR count). The van der Waals surface area contributed by atoms with E-state index in [1.54, 1.807) is 0 Å². The lowest BCUT2D eigenvalue weighted by Crippen LogP contribution is -2.29. The van der Waals surface area contributed by atoms with Gasteiger partial charge in [-0.25, -0.2) is 13.6 Å². The number of carbonyl (C=O) groups is 1. The monoisotopic (exact) mass is 332 g/mol. The molecule has 2 unspecified atom stereocenters. The number of nitrogens with one attached hydrogen (secondary N) is 1. The molecule has 0 bridgehead atoms. The molecule has 1 saturated heterocycles. The standard InChI is InChI=1S/C13H17ClN2O4S/c1-2-11-9(5-6-20-11)13(17)16-8-3-4-12(10(14)7-8)21(15,18)19/h3-4,7,9,11H,2,5-6H2,1H3,(H,16,17)(H2,15,18,19). The van der Waals surface area contributed by atoms with Gasteiger partial charge in [0.25, 0.3) is 0 Å². The van der Waals surface area contributed by atoms with Crippen LogP contribution in [0.5, 0.6) is 0 Å². The van der Waals surface area contributed by atoms with Gasteiger partial charge in [-0.2, -0.15) is 0 Å². The highest BCUT2D eigenvalue weighted by molar-refractivity contribution is 7.89. The zero-order valence-corrected chi connectivity index (χ0v) is 13.1. The molecule has 0 spiro atoms. The normalized spacial score (nSPS) is 22.2. The minimum atomic E-state index is -3.87. The molecule has 1 aromatic carbocycles. The topological polar surface area (TPSA) is 98.5 Å². The van der Waals surface area contributed by atoms with Gasteiger partial charge in [-0.15, -0.1) is 0 Å². The Morgan fingerprint density at radius 1 is 1.52 bits per heavy atom. The van der Waals surface area contributed by atoms with Crippen LogP contribution in [0.2, 0.25) is 5.02 Å². The molecule has 1 aliphatic rings. The van der Waals surface area contributed by atoms with Crippen LogP contribution in [0.3, 0.4) is 0 Å². The second-order valence-corrected chi connectivity index (χ2v) is 6.83. The number of benzene rings is 1. The zero-order chi connectivity index (χ0) is 15.6. The highest BCUT2D eigenvalue weighted by Crippen LogP contribution is 2.27. The van der Waals surface area contributed by atoms with Gasteiger partial charge in [0.1, 0.15) is 4.90 Å². The Morgan fingerprint density at radius 2 is 2.24 bits per heavy atom. The van der Waals surface area contributed by atoms with Gasteiger partial charge in [-0.1, -0.05) is 18.5 Å². The number of amides is 1. The summed E-state index contributed by atoms with van der Waals surface area (Å²) >= 11 is 5.88. The first-order valence-electron chi connectivity index (χ1n) is 6.57. The summed E-state index contributed by atoms with van der Waals surface area (Å²) < 4.78 is 28.0. The van der Waals surface area contributed by atoms with Crippen molar-refractivity contribution in [3.8, 4) is 0 Å². The number of carbonyl (C=O) groups excluding carboxylic acids is 1. The SMILES string of the molecule is CCC1OCCC1C(=O)Nc1ccc(S(N)(=O)=O)c(Cl)c1. The van der Waals surface area contributed by atoms with Crippen molar-refractivity contribution in [1.82, 2.24) is 0 Å². The quantitative estimate of drug-likeness (QED) is 0.877. The fourth-order valence-corrected chi connectivity index (χ4v) is 3.49. The molecule has 0 radical (unpaired) electrons. The molecule has 8 heteroatoms. The van der Waals surface area contributed by atoms with Crippen LogP contribution in [0.1, 0.15) is 19.8 Å². The first-order chi connectivity index (χ1) is 9.82. The Labute approximate surface area is 128 Å². The van der Waals surface area contributed by atoms with E-state index in [1.165, 1.54) is 18.2 Å². The molecule has 0 aliphatic carbocycles. The van der Waals surface area contributed by atoms with Crippen LogP contribution < -0.4 is 10.5 Å². The van der Waals surface area contributed by atoms with Crippen molar-refractivity contribution >= 4 is 33.2 Å². The van der Waals surface area contributed by atoms with Crippen LogP contribution in [0, 0.1) is 5.92 Å². The molecular weight excluding hydrogens is 316 g/mol. The molecule has 1 amide bonds. The average molecular weight is 333 g/mol. The third-order valence-corrected chi connectivity index (χ3v) is 4.85. The van der Waals surface area contributed by atoms with Gasteiger partial charge in [0.15, 0.2) is 0 Å². The maximum atomic E-state index is 12.2. The minimum Gasteiger partial charge on any atom is -0.377 e. The smallest absolute Gasteiger partial charge is 0.239 e. The summed E-state index contributed by atoms with van der Waals surface area (Å²) in [6.07, 6.45) is 1.36. The molecule has 0 aromatic heterocycles. The lowest BCUT2D eigenvalue weighted by Gasteiger charge is -2.16. The molecule has 1 heterocycles. The summed E-state index contributed by atoms with van der Waals surface area (Å²) in [5, 5.41) is 7.73. The molecule has 116 valence electrons. The summed E-state index contributed by atoms with van der Waals surface area (Å²) in [6.45, 7) is 2.54. The number of hydrogen-bond donors (Lipinski definition) is 2. The summed E-state index contributed by atoms with van der Waals surface area (Å²) in [6, 6.07) is 4.10. The van der Waals surface area contributed by atoms with Crippen molar-refractivity contribution < 1.29 is 17.9 Å². The number of nitrogens with two attached hydrogens (primary N) is 1. The van der Waals surface area contributed by atoms with Crippen LogP contribution in [-0.4, -0.2) is 27.0 Å². The molecule has 21 heavy (non-hydrogen) atoms. The first-order valence-corrected chi connectivity index (χ1v) is 8.50. The Bertz CT molecular complexity index is 648. The van der Waals surface area contributed by atoms with Crippen molar-refractivity contribution in [3.05, 3.63) is 23.2 Å². The molecule has 6 nitrogen and oxygen atoms in total. The van der Waals surface area contributed by atoms with Gasteiger partial charge >= 0.3 is 0 Å². The van der Waals surface area contributed by atoms with E-state index in [1.807, 2.05) is 6.92 Å². The molecule has 1 fully saturated rings. The van der Waals surface area contributed by atoms with Crippen LogP contribution in [-0.2, 0) is 19.6 Å². The number of ether oxygens (including phenoxy) is 1. The molecule has 1 aromatic rings. The predicted molar refractivity (Wildman–Crippen MR) is 79.6 cm³/mol. The summed E-state index contributed by atoms with van der Waals surface area (Å²) in [5.41, 5.74) is 0.430. The van der Waals surface area contributed by atoms with E-state index >= 15 is 0 Å². The van der Waals surface area contributed by atoms with Crippen LogP contribution in [0.25, 0.3) is 0 Å². The van der Waals surface area contributed by atoms with Crippen molar-refractivity contribution in [3.63, 3.8) is 0 Å². The van der Waals surface area contributed by atoms with E-state index in [9.17, 15) is 13.2 Å². The third-order valence-electron chi connectivity index (χ3n) is 3.45. The van der Waals surface area contributed by atoms with Gasteiger partial charge in [-0.05, 0) is 31.0 Å². The van der Waals surface area contributed by atoms with Crippen molar-refractivity contribution in [1.29, 1.82) is 0 Å². The van der Waals surface area contributed by atoms with Crippen molar-refractivity contribution in [2.45, 2.75) is 30.8 Å². The average Bonchev–Trinajstić information content (AvgIpc) is 2.85. The minimum absolute atomic E-state index is 0.0231. The fraction of sp³-hybridized carbons (Fsp3) is 0.462. The Morgan fingerprint density at radius 3 is 2.81 bits per heavy atom. The number of anilines is 1. The van der Waals surface area contributed by atoms with Gasteiger partial charge in [0.2, 0.25) is 15.9 Å². The van der Waals surface area contributed by atoms with Crippen LogP contribution in [0.15, 0.2) is 23.1 Å². The van der Waals surface area contributed by atoms with Gasteiger partial charge < -0.3 is 10.1 Å². The molecular formula is C13H17ClN2O4S. The fourth-order valence-electron chi connectivity index (χ4n) is 2.40. The van der Waals surface area contributed by atoms with Gasteiger partial charge in [0, 0.05) is 12.3 Å². The maximum Gasteiger partial charge on any atom is 0.239 e. The summed E-state index contributed by atoms with van der Waals surface area (Å²) in [7, 11) is -3.87. The Balaban J connectivity index is 2.13.